The number of nitrogens with zero attached hydrogens (tertiary/aromatic N) is 2. The molecule has 2 aliphatic rings. The minimum Gasteiger partial charge on any atom is -0.441 e. The van der Waals surface area contributed by atoms with Crippen LogP contribution < -0.4 is 5.32 Å². The van der Waals surface area contributed by atoms with Gasteiger partial charge in [0.15, 0.2) is 11.5 Å². The number of amides is 2. The van der Waals surface area contributed by atoms with Gasteiger partial charge in [-0.3, -0.25) is 4.79 Å². The summed E-state index contributed by atoms with van der Waals surface area (Å²) in [5.41, 5.74) is 0.703. The van der Waals surface area contributed by atoms with Crippen molar-refractivity contribution in [2.24, 2.45) is 0 Å². The van der Waals surface area contributed by atoms with Crippen LogP contribution in [-0.2, 0) is 4.74 Å². The molecule has 2 fully saturated rings. The molecule has 1 spiro atoms. The second-order valence-corrected chi connectivity index (χ2v) is 6.51. The van der Waals surface area contributed by atoms with E-state index in [0.29, 0.717) is 37.5 Å². The van der Waals surface area contributed by atoms with Gasteiger partial charge in [0.05, 0.1) is 6.54 Å². The molecule has 1 atom stereocenters. The number of hydrogen-bond acceptors (Lipinski definition) is 5. The predicted octanol–water partition coefficient (Wildman–Crippen LogP) is 2.45. The third kappa shape index (κ3) is 3.09. The van der Waals surface area contributed by atoms with E-state index in [1.807, 2.05) is 30.3 Å². The summed E-state index contributed by atoms with van der Waals surface area (Å²) in [7, 11) is 0. The molecule has 0 bridgehead atoms. The van der Waals surface area contributed by atoms with E-state index < -0.39 is 5.60 Å². The topological polar surface area (TPSA) is 84.7 Å². The number of ether oxygens (including phenoxy) is 1. The minimum absolute atomic E-state index is 0.153. The fourth-order valence-electron chi connectivity index (χ4n) is 3.43. The van der Waals surface area contributed by atoms with Crippen LogP contribution in [0.15, 0.2) is 40.9 Å². The molecule has 0 saturated carbocycles. The van der Waals surface area contributed by atoms with E-state index in [0.717, 1.165) is 18.4 Å². The van der Waals surface area contributed by atoms with Crippen LogP contribution in [-0.4, -0.2) is 47.3 Å². The first-order chi connectivity index (χ1) is 12.2. The van der Waals surface area contributed by atoms with Crippen molar-refractivity contribution in [2.75, 3.05) is 19.6 Å². The van der Waals surface area contributed by atoms with Crippen LogP contribution in [0, 0.1) is 0 Å². The lowest BCUT2D eigenvalue weighted by Crippen LogP contribution is -2.36. The first-order valence-electron chi connectivity index (χ1n) is 8.44. The number of hydrogen-bond donors (Lipinski definition) is 1. The number of aromatic nitrogens is 1. The van der Waals surface area contributed by atoms with Gasteiger partial charge >= 0.3 is 6.09 Å². The van der Waals surface area contributed by atoms with Crippen molar-refractivity contribution in [3.63, 3.8) is 0 Å². The molecule has 0 aliphatic carbocycles. The average Bonchev–Trinajstić information content (AvgIpc) is 3.20. The number of likely N-dealkylation sites (tertiary alicyclic amines) is 1. The van der Waals surface area contributed by atoms with Gasteiger partial charge in [-0.25, -0.2) is 4.79 Å². The average molecular weight is 341 g/mol. The lowest BCUT2D eigenvalue weighted by atomic mass is 9.95. The van der Waals surface area contributed by atoms with Crippen LogP contribution in [0.5, 0.6) is 0 Å². The Labute approximate surface area is 144 Å². The highest BCUT2D eigenvalue weighted by molar-refractivity contribution is 5.93. The molecule has 2 aliphatic heterocycles. The zero-order valence-electron chi connectivity index (χ0n) is 13.7. The molecule has 0 unspecified atom stereocenters. The Hall–Kier alpha value is -2.83. The first kappa shape index (κ1) is 15.7. The van der Waals surface area contributed by atoms with Gasteiger partial charge in [-0.2, -0.15) is 0 Å². The maximum absolute atomic E-state index is 12.7. The highest BCUT2D eigenvalue weighted by atomic mass is 16.6. The SMILES string of the molecule is O=C1NC[C@@]2(CCCN(C(=O)c3cc(-c4ccccc4)on3)CC2)O1. The Morgan fingerprint density at radius 3 is 2.80 bits per heavy atom. The summed E-state index contributed by atoms with van der Waals surface area (Å²) < 4.78 is 10.8. The van der Waals surface area contributed by atoms with Crippen molar-refractivity contribution in [3.05, 3.63) is 42.1 Å². The highest BCUT2D eigenvalue weighted by Gasteiger charge is 2.42. The molecular formula is C18H19N3O4. The van der Waals surface area contributed by atoms with Crippen molar-refractivity contribution in [3.8, 4) is 11.3 Å². The summed E-state index contributed by atoms with van der Waals surface area (Å²) in [4.78, 5) is 25.9. The Balaban J connectivity index is 1.46. The molecule has 2 aromatic rings. The van der Waals surface area contributed by atoms with E-state index in [2.05, 4.69) is 10.5 Å². The molecule has 130 valence electrons. The van der Waals surface area contributed by atoms with Gasteiger partial charge in [0.25, 0.3) is 5.91 Å². The van der Waals surface area contributed by atoms with E-state index in [4.69, 9.17) is 9.26 Å². The Morgan fingerprint density at radius 1 is 1.20 bits per heavy atom. The van der Waals surface area contributed by atoms with Gasteiger partial charge in [-0.1, -0.05) is 35.5 Å². The molecule has 25 heavy (non-hydrogen) atoms. The van der Waals surface area contributed by atoms with E-state index >= 15 is 0 Å². The molecule has 3 heterocycles. The summed E-state index contributed by atoms with van der Waals surface area (Å²) in [5.74, 6) is 0.421. The van der Waals surface area contributed by atoms with Crippen LogP contribution >= 0.6 is 0 Å². The molecule has 4 rings (SSSR count). The number of alkyl carbamates (subject to hydrolysis) is 1. The fourth-order valence-corrected chi connectivity index (χ4v) is 3.43. The third-order valence-electron chi connectivity index (χ3n) is 4.84. The van der Waals surface area contributed by atoms with Gasteiger partial charge in [0, 0.05) is 31.1 Å². The first-order valence-corrected chi connectivity index (χ1v) is 8.44. The largest absolute Gasteiger partial charge is 0.441 e. The molecule has 7 nitrogen and oxygen atoms in total. The molecule has 2 amide bonds. The van der Waals surface area contributed by atoms with Crippen LogP contribution in [0.2, 0.25) is 0 Å². The van der Waals surface area contributed by atoms with Gasteiger partial charge in [-0.15, -0.1) is 0 Å². The normalized spacial score (nSPS) is 23.2. The zero-order valence-corrected chi connectivity index (χ0v) is 13.7. The summed E-state index contributed by atoms with van der Waals surface area (Å²) in [6.07, 6.45) is 1.79. The van der Waals surface area contributed by atoms with Crippen LogP contribution in [0.25, 0.3) is 11.3 Å². The Morgan fingerprint density at radius 2 is 2.04 bits per heavy atom. The third-order valence-corrected chi connectivity index (χ3v) is 4.84. The quantitative estimate of drug-likeness (QED) is 0.907. The highest BCUT2D eigenvalue weighted by Crippen LogP contribution is 2.30. The number of carbonyl (C=O) groups excluding carboxylic acids is 2. The summed E-state index contributed by atoms with van der Waals surface area (Å²) in [5, 5.41) is 6.65. The summed E-state index contributed by atoms with van der Waals surface area (Å²) in [6, 6.07) is 11.2. The Bertz CT molecular complexity index is 789. The fraction of sp³-hybridized carbons (Fsp3) is 0.389. The second-order valence-electron chi connectivity index (χ2n) is 6.51. The molecule has 7 heteroatoms. The zero-order chi connectivity index (χ0) is 17.3. The second kappa shape index (κ2) is 6.23. The van der Waals surface area contributed by atoms with E-state index in [1.54, 1.807) is 11.0 Å². The van der Waals surface area contributed by atoms with Crippen molar-refractivity contribution in [1.82, 2.24) is 15.4 Å². The number of rotatable bonds is 2. The van der Waals surface area contributed by atoms with Crippen LogP contribution in [0.4, 0.5) is 4.79 Å². The van der Waals surface area contributed by atoms with E-state index in [9.17, 15) is 9.59 Å². The maximum atomic E-state index is 12.7. The molecular weight excluding hydrogens is 322 g/mol. The van der Waals surface area contributed by atoms with Gasteiger partial charge in [0.1, 0.15) is 5.60 Å². The van der Waals surface area contributed by atoms with Crippen molar-refractivity contribution in [1.29, 1.82) is 0 Å². The number of benzene rings is 1. The smallest absolute Gasteiger partial charge is 0.407 e. The molecule has 0 radical (unpaired) electrons. The lowest BCUT2D eigenvalue weighted by molar-refractivity contribution is 0.0438. The molecule has 2 saturated heterocycles. The predicted molar refractivity (Wildman–Crippen MR) is 88.9 cm³/mol. The van der Waals surface area contributed by atoms with Crippen molar-refractivity contribution >= 4 is 12.0 Å². The van der Waals surface area contributed by atoms with Crippen molar-refractivity contribution in [2.45, 2.75) is 24.9 Å². The molecule has 1 aromatic carbocycles. The van der Waals surface area contributed by atoms with Crippen LogP contribution in [0.1, 0.15) is 29.8 Å². The van der Waals surface area contributed by atoms with Gasteiger partial charge in [-0.05, 0) is 12.8 Å². The van der Waals surface area contributed by atoms with E-state index in [-0.39, 0.29) is 12.0 Å². The van der Waals surface area contributed by atoms with Crippen LogP contribution in [0.3, 0.4) is 0 Å². The Kier molecular flexibility index (Phi) is 3.91. The van der Waals surface area contributed by atoms with Gasteiger partial charge < -0.3 is 19.5 Å². The van der Waals surface area contributed by atoms with Crippen molar-refractivity contribution < 1.29 is 18.8 Å². The minimum atomic E-state index is -0.481. The van der Waals surface area contributed by atoms with Gasteiger partial charge in [0.2, 0.25) is 0 Å². The number of carbonyl (C=O) groups is 2. The molecule has 1 N–H and O–H groups in total. The summed E-state index contributed by atoms with van der Waals surface area (Å²) in [6.45, 7) is 1.66. The molecule has 1 aromatic heterocycles. The lowest BCUT2D eigenvalue weighted by Gasteiger charge is -2.24. The monoisotopic (exact) mass is 341 g/mol. The maximum Gasteiger partial charge on any atom is 0.407 e. The number of nitrogens with one attached hydrogen (secondary N) is 1. The standard InChI is InChI=1S/C18H19N3O4/c22-16(14-11-15(25-20-14)13-5-2-1-3-6-13)21-9-4-7-18(8-10-21)12-19-17(23)24-18/h1-3,5-6,11H,4,7-10,12H2,(H,19,23)/t18-/m0/s1. The van der Waals surface area contributed by atoms with E-state index in [1.165, 1.54) is 0 Å². The summed E-state index contributed by atoms with van der Waals surface area (Å²) >= 11 is 0.